The van der Waals surface area contributed by atoms with Crippen LogP contribution in [0.3, 0.4) is 0 Å². The molecule has 2 heterocycles. The van der Waals surface area contributed by atoms with Gasteiger partial charge in [-0.15, -0.1) is 0 Å². The summed E-state index contributed by atoms with van der Waals surface area (Å²) in [6.07, 6.45) is 0. The molecule has 6 heteroatoms. The number of imidazole rings is 2. The molecule has 2 N–H and O–H groups in total. The van der Waals surface area contributed by atoms with Crippen LogP contribution in [0, 0.1) is 0 Å². The van der Waals surface area contributed by atoms with E-state index in [0.29, 0.717) is 0 Å². The zero-order chi connectivity index (χ0) is 17.7. The first-order chi connectivity index (χ1) is 12.7. The molecule has 0 aliphatic rings. The van der Waals surface area contributed by atoms with Crippen LogP contribution >= 0.6 is 31.9 Å². The van der Waals surface area contributed by atoms with Crippen LogP contribution in [0.1, 0.15) is 0 Å². The van der Waals surface area contributed by atoms with Gasteiger partial charge in [0.05, 0.1) is 22.1 Å². The Kier molecular flexibility index (Phi) is 3.69. The normalized spacial score (nSPS) is 11.5. The highest BCUT2D eigenvalue weighted by atomic mass is 79.9. The number of nitrogens with one attached hydrogen (secondary N) is 2. The van der Waals surface area contributed by atoms with Crippen LogP contribution in [-0.2, 0) is 0 Å². The van der Waals surface area contributed by atoms with Crippen LogP contribution in [-0.4, -0.2) is 19.9 Å². The lowest BCUT2D eigenvalue weighted by Gasteiger charge is -1.96. The molecule has 0 aliphatic carbocycles. The van der Waals surface area contributed by atoms with Crippen LogP contribution in [0.15, 0.2) is 69.6 Å². The van der Waals surface area contributed by atoms with E-state index in [1.807, 2.05) is 54.6 Å². The van der Waals surface area contributed by atoms with E-state index >= 15 is 0 Å². The van der Waals surface area contributed by atoms with E-state index < -0.39 is 0 Å². The van der Waals surface area contributed by atoms with Gasteiger partial charge in [-0.1, -0.05) is 56.1 Å². The van der Waals surface area contributed by atoms with Crippen LogP contribution in [0.25, 0.3) is 44.8 Å². The van der Waals surface area contributed by atoms with E-state index in [-0.39, 0.29) is 0 Å². The molecule has 3 aromatic carbocycles. The van der Waals surface area contributed by atoms with E-state index in [0.717, 1.165) is 53.8 Å². The molecule has 0 bridgehead atoms. The Hall–Kier alpha value is -2.44. The summed E-state index contributed by atoms with van der Waals surface area (Å²) in [5.41, 5.74) is 5.89. The van der Waals surface area contributed by atoms with Crippen LogP contribution < -0.4 is 0 Å². The molecule has 0 aliphatic heterocycles. The number of aromatic nitrogens is 4. The summed E-state index contributed by atoms with van der Waals surface area (Å²) >= 11 is 6.92. The predicted octanol–water partition coefficient (Wildman–Crippen LogP) is 6.30. The Labute approximate surface area is 166 Å². The summed E-state index contributed by atoms with van der Waals surface area (Å²) in [5, 5.41) is 0. The smallest absolute Gasteiger partial charge is 0.138 e. The molecule has 0 amide bonds. The number of H-pyrrole nitrogens is 2. The largest absolute Gasteiger partial charge is 0.338 e. The van der Waals surface area contributed by atoms with Crippen LogP contribution in [0.5, 0.6) is 0 Å². The summed E-state index contributed by atoms with van der Waals surface area (Å²) in [6, 6.07) is 20.3. The van der Waals surface area contributed by atoms with Gasteiger partial charge >= 0.3 is 0 Å². The molecular weight excluding hydrogens is 456 g/mol. The van der Waals surface area contributed by atoms with Crippen molar-refractivity contribution in [3.63, 3.8) is 0 Å². The average Bonchev–Trinajstić information content (AvgIpc) is 3.23. The Morgan fingerprint density at radius 2 is 1.00 bits per heavy atom. The third kappa shape index (κ3) is 2.75. The summed E-state index contributed by atoms with van der Waals surface area (Å²) in [5.74, 6) is 1.71. The molecule has 5 aromatic rings. The van der Waals surface area contributed by atoms with Gasteiger partial charge in [-0.25, -0.2) is 9.97 Å². The maximum Gasteiger partial charge on any atom is 0.138 e. The Balaban J connectivity index is 1.60. The fraction of sp³-hybridized carbons (Fsp3) is 0. The summed E-state index contributed by atoms with van der Waals surface area (Å²) in [4.78, 5) is 16.2. The Bertz CT molecular complexity index is 1090. The highest BCUT2D eigenvalue weighted by molar-refractivity contribution is 9.10. The van der Waals surface area contributed by atoms with Gasteiger partial charge in [0.15, 0.2) is 0 Å². The van der Waals surface area contributed by atoms with E-state index in [9.17, 15) is 0 Å². The van der Waals surface area contributed by atoms with Crippen LogP contribution in [0.2, 0.25) is 0 Å². The minimum Gasteiger partial charge on any atom is -0.338 e. The van der Waals surface area contributed by atoms with E-state index in [4.69, 9.17) is 9.97 Å². The standard InChI is InChI=1S/C20H12Br2N4/c21-13-5-1-11(2-6-13)19-23-15-9-17-18(10-16(15)24-19)26-20(25-17)12-3-7-14(22)8-4-12/h1-10H,(H,23,24)(H,25,26). The fourth-order valence-corrected chi connectivity index (χ4v) is 3.53. The average molecular weight is 468 g/mol. The number of benzene rings is 3. The van der Waals surface area contributed by atoms with Crippen molar-refractivity contribution in [1.82, 2.24) is 19.9 Å². The Morgan fingerprint density at radius 1 is 0.577 bits per heavy atom. The van der Waals surface area contributed by atoms with Gasteiger partial charge in [0, 0.05) is 20.1 Å². The first-order valence-electron chi connectivity index (χ1n) is 8.07. The van der Waals surface area contributed by atoms with Gasteiger partial charge in [0.1, 0.15) is 11.6 Å². The van der Waals surface area contributed by atoms with Crippen molar-refractivity contribution in [2.75, 3.05) is 0 Å². The number of fused-ring (bicyclic) bond motifs is 2. The van der Waals surface area contributed by atoms with Crippen molar-refractivity contribution in [2.45, 2.75) is 0 Å². The van der Waals surface area contributed by atoms with E-state index in [1.165, 1.54) is 0 Å². The fourth-order valence-electron chi connectivity index (χ4n) is 3.00. The number of hydrogen-bond acceptors (Lipinski definition) is 2. The SMILES string of the molecule is Brc1ccc(-c2nc3cc4nc(-c5ccc(Br)cc5)[nH]c4cc3[nH]2)cc1. The maximum atomic E-state index is 4.73. The lowest BCUT2D eigenvalue weighted by atomic mass is 10.2. The minimum atomic E-state index is 0.855. The lowest BCUT2D eigenvalue weighted by Crippen LogP contribution is -1.79. The number of halogens is 2. The summed E-state index contributed by atoms with van der Waals surface area (Å²) in [7, 11) is 0. The van der Waals surface area contributed by atoms with Crippen molar-refractivity contribution in [3.05, 3.63) is 69.6 Å². The number of aromatic amines is 2. The topological polar surface area (TPSA) is 57.4 Å². The zero-order valence-corrected chi connectivity index (χ0v) is 16.6. The summed E-state index contributed by atoms with van der Waals surface area (Å²) in [6.45, 7) is 0. The van der Waals surface area contributed by atoms with Crippen molar-refractivity contribution in [1.29, 1.82) is 0 Å². The van der Waals surface area contributed by atoms with Crippen molar-refractivity contribution < 1.29 is 0 Å². The quantitative estimate of drug-likeness (QED) is 0.320. The van der Waals surface area contributed by atoms with Crippen LogP contribution in [0.4, 0.5) is 0 Å². The second-order valence-corrected chi connectivity index (χ2v) is 7.90. The van der Waals surface area contributed by atoms with Gasteiger partial charge in [-0.3, -0.25) is 0 Å². The van der Waals surface area contributed by atoms with Gasteiger partial charge < -0.3 is 9.97 Å². The Morgan fingerprint density at radius 3 is 1.42 bits per heavy atom. The van der Waals surface area contributed by atoms with Gasteiger partial charge in [-0.05, 0) is 36.4 Å². The second-order valence-electron chi connectivity index (χ2n) is 6.07. The van der Waals surface area contributed by atoms with Gasteiger partial charge in [0.2, 0.25) is 0 Å². The molecule has 0 saturated carbocycles. The number of rotatable bonds is 2. The molecule has 0 radical (unpaired) electrons. The summed E-state index contributed by atoms with van der Waals surface area (Å²) < 4.78 is 2.10. The first kappa shape index (κ1) is 15.8. The molecule has 0 spiro atoms. The molecule has 0 fully saturated rings. The monoisotopic (exact) mass is 466 g/mol. The molecular formula is C20H12Br2N4. The first-order valence-corrected chi connectivity index (χ1v) is 9.66. The zero-order valence-electron chi connectivity index (χ0n) is 13.4. The molecule has 126 valence electrons. The molecule has 26 heavy (non-hydrogen) atoms. The second kappa shape index (κ2) is 6.07. The predicted molar refractivity (Wildman–Crippen MR) is 112 cm³/mol. The van der Waals surface area contributed by atoms with Crippen molar-refractivity contribution in [3.8, 4) is 22.8 Å². The highest BCUT2D eigenvalue weighted by Gasteiger charge is 2.10. The highest BCUT2D eigenvalue weighted by Crippen LogP contribution is 2.27. The third-order valence-corrected chi connectivity index (χ3v) is 5.38. The molecule has 0 saturated heterocycles. The van der Waals surface area contributed by atoms with Gasteiger partial charge in [-0.2, -0.15) is 0 Å². The number of nitrogens with zero attached hydrogens (tertiary/aromatic N) is 2. The molecule has 2 aromatic heterocycles. The van der Waals surface area contributed by atoms with Gasteiger partial charge in [0.25, 0.3) is 0 Å². The van der Waals surface area contributed by atoms with E-state index in [2.05, 4.69) is 47.9 Å². The molecule has 0 atom stereocenters. The van der Waals surface area contributed by atoms with Crippen molar-refractivity contribution >= 4 is 53.9 Å². The third-order valence-electron chi connectivity index (χ3n) is 4.32. The molecule has 5 rings (SSSR count). The van der Waals surface area contributed by atoms with Crippen molar-refractivity contribution in [2.24, 2.45) is 0 Å². The molecule has 4 nitrogen and oxygen atoms in total. The van der Waals surface area contributed by atoms with E-state index in [1.54, 1.807) is 0 Å². The maximum absolute atomic E-state index is 4.73. The number of hydrogen-bond donors (Lipinski definition) is 2. The minimum absolute atomic E-state index is 0.855. The lowest BCUT2D eigenvalue weighted by molar-refractivity contribution is 1.32. The molecule has 0 unspecified atom stereocenters.